The van der Waals surface area contributed by atoms with E-state index in [1.807, 2.05) is 6.92 Å². The van der Waals surface area contributed by atoms with E-state index in [-0.39, 0.29) is 29.2 Å². The highest BCUT2D eigenvalue weighted by Crippen LogP contribution is 2.48. The van der Waals surface area contributed by atoms with Crippen LogP contribution in [0, 0.1) is 24.7 Å². The molecule has 176 valence electrons. The number of Topliss-reactive ketones (excluding diaryl/α,β-unsaturated/α-hetero) is 1. The summed E-state index contributed by atoms with van der Waals surface area (Å²) in [6.45, 7) is 14.5. The third-order valence-electron chi connectivity index (χ3n) is 6.67. The number of hydrogen-bond donors (Lipinski definition) is 0. The molecule has 0 spiro atoms. The van der Waals surface area contributed by atoms with Crippen molar-refractivity contribution in [2.75, 3.05) is 16.4 Å². The number of carbonyl (C=O) groups is 2. The molecule has 0 aromatic heterocycles. The van der Waals surface area contributed by atoms with Gasteiger partial charge in [0.1, 0.15) is 17.9 Å². The van der Waals surface area contributed by atoms with E-state index in [2.05, 4.69) is 4.85 Å². The number of anilines is 2. The predicted octanol–water partition coefficient (Wildman–Crippen LogP) is 5.74. The first-order chi connectivity index (χ1) is 16.1. The topological polar surface area (TPSA) is 54.2 Å². The lowest BCUT2D eigenvalue weighted by atomic mass is 10.0. The van der Waals surface area contributed by atoms with Crippen molar-refractivity contribution in [1.82, 2.24) is 0 Å². The van der Waals surface area contributed by atoms with Crippen LogP contribution in [0.3, 0.4) is 0 Å². The number of aryl methyl sites for hydroxylation is 1. The monoisotopic (exact) mass is 479 g/mol. The molecule has 1 amide bonds. The molecule has 8 heteroatoms. The molecule has 1 aliphatic carbocycles. The predicted molar refractivity (Wildman–Crippen MR) is 133 cm³/mol. The zero-order chi connectivity index (χ0) is 24.8. The summed E-state index contributed by atoms with van der Waals surface area (Å²) >= 11 is 5.66. The van der Waals surface area contributed by atoms with Crippen LogP contribution < -0.4 is 14.5 Å². The number of nitrogens with zero attached hydrogens (tertiary/aromatic N) is 3. The van der Waals surface area contributed by atoms with E-state index >= 15 is 4.39 Å². The normalized spacial score (nSPS) is 18.1. The molecule has 2 aromatic rings. The van der Waals surface area contributed by atoms with Crippen LogP contribution in [0.15, 0.2) is 36.4 Å². The Balaban J connectivity index is 1.60. The Kier molecular flexibility index (Phi) is 5.94. The van der Waals surface area contributed by atoms with Crippen LogP contribution in [0.5, 0.6) is 5.75 Å². The molecule has 4 rings (SSSR count). The zero-order valence-corrected chi connectivity index (χ0v) is 20.5. The van der Waals surface area contributed by atoms with E-state index < -0.39 is 16.8 Å². The SMILES string of the molecule is [C-]#[N+]c1ccc(N2C(=O)C(C)(C)N(c3ccc(OCC4(C(=O)CC)CC4)c(F)c3)C2=S)cc1C. The molecule has 2 aliphatic rings. The number of ether oxygens (including phenoxy) is 1. The number of hydrogen-bond acceptors (Lipinski definition) is 4. The van der Waals surface area contributed by atoms with Crippen LogP contribution in [-0.4, -0.2) is 28.9 Å². The van der Waals surface area contributed by atoms with Crippen molar-refractivity contribution in [2.45, 2.75) is 52.5 Å². The van der Waals surface area contributed by atoms with Gasteiger partial charge in [0.05, 0.1) is 12.0 Å². The number of halogens is 1. The molecule has 2 aromatic carbocycles. The molecule has 0 N–H and O–H groups in total. The lowest BCUT2D eigenvalue weighted by Crippen LogP contribution is -2.44. The molecule has 1 aliphatic heterocycles. The van der Waals surface area contributed by atoms with Gasteiger partial charge in [-0.15, -0.1) is 0 Å². The summed E-state index contributed by atoms with van der Waals surface area (Å²) in [4.78, 5) is 32.0. The number of rotatable bonds is 7. The Labute approximate surface area is 204 Å². The standard InChI is InChI=1S/C26H26FN3O3S/c1-6-22(31)26(11-12-26)15-33-21-10-8-18(14-19(21)27)30-24(34)29(23(32)25(30,3)4)17-7-9-20(28-5)16(2)13-17/h7-10,13-14H,6,11-12,15H2,1-4H3. The second kappa shape index (κ2) is 8.48. The van der Waals surface area contributed by atoms with Crippen LogP contribution in [0.4, 0.5) is 21.5 Å². The van der Waals surface area contributed by atoms with Gasteiger partial charge in [-0.3, -0.25) is 14.5 Å². The first kappa shape index (κ1) is 23.8. The molecular weight excluding hydrogens is 453 g/mol. The number of benzene rings is 2. The van der Waals surface area contributed by atoms with Crippen molar-refractivity contribution in [3.8, 4) is 5.75 Å². The molecule has 1 saturated heterocycles. The molecule has 0 radical (unpaired) electrons. The molecule has 0 bridgehead atoms. The summed E-state index contributed by atoms with van der Waals surface area (Å²) in [7, 11) is 0. The second-order valence-electron chi connectivity index (χ2n) is 9.36. The minimum Gasteiger partial charge on any atom is -0.489 e. The van der Waals surface area contributed by atoms with E-state index in [0.717, 1.165) is 18.4 Å². The summed E-state index contributed by atoms with van der Waals surface area (Å²) in [5.41, 5.74) is 0.698. The average Bonchev–Trinajstić information content (AvgIpc) is 3.56. The summed E-state index contributed by atoms with van der Waals surface area (Å²) < 4.78 is 20.7. The third kappa shape index (κ3) is 3.84. The Morgan fingerprint density at radius 1 is 1.21 bits per heavy atom. The third-order valence-corrected chi connectivity index (χ3v) is 7.04. The average molecular weight is 480 g/mol. The van der Waals surface area contributed by atoms with Crippen molar-refractivity contribution in [3.05, 3.63) is 59.2 Å². The Hall–Kier alpha value is -3.31. The Bertz CT molecular complexity index is 1250. The van der Waals surface area contributed by atoms with Crippen LogP contribution in [0.1, 0.15) is 45.6 Å². The van der Waals surface area contributed by atoms with Gasteiger partial charge in [0, 0.05) is 23.9 Å². The van der Waals surface area contributed by atoms with Crippen LogP contribution in [-0.2, 0) is 9.59 Å². The van der Waals surface area contributed by atoms with E-state index in [0.29, 0.717) is 23.5 Å². The fraction of sp³-hybridized carbons (Fsp3) is 0.385. The van der Waals surface area contributed by atoms with Crippen molar-refractivity contribution < 1.29 is 18.7 Å². The van der Waals surface area contributed by atoms with Crippen LogP contribution in [0.2, 0.25) is 0 Å². The Morgan fingerprint density at radius 3 is 2.44 bits per heavy atom. The summed E-state index contributed by atoms with van der Waals surface area (Å²) in [5, 5.41) is 0.225. The fourth-order valence-electron chi connectivity index (χ4n) is 4.35. The maximum absolute atomic E-state index is 15.0. The highest BCUT2D eigenvalue weighted by molar-refractivity contribution is 7.81. The first-order valence-electron chi connectivity index (χ1n) is 11.2. The highest BCUT2D eigenvalue weighted by atomic mass is 32.1. The van der Waals surface area contributed by atoms with Crippen LogP contribution in [0.25, 0.3) is 4.85 Å². The number of thiocarbonyl (C=S) groups is 1. The lowest BCUT2D eigenvalue weighted by Gasteiger charge is -2.29. The van der Waals surface area contributed by atoms with Gasteiger partial charge in [-0.05, 0) is 75.7 Å². The van der Waals surface area contributed by atoms with Crippen LogP contribution >= 0.6 is 12.2 Å². The molecule has 0 unspecified atom stereocenters. The Morgan fingerprint density at radius 2 is 1.88 bits per heavy atom. The van der Waals surface area contributed by atoms with Gasteiger partial charge in [0.2, 0.25) is 0 Å². The van der Waals surface area contributed by atoms with Gasteiger partial charge in [0.25, 0.3) is 5.91 Å². The van der Waals surface area contributed by atoms with E-state index in [9.17, 15) is 9.59 Å². The van der Waals surface area contributed by atoms with Gasteiger partial charge < -0.3 is 9.64 Å². The molecular formula is C26H26FN3O3S. The first-order valence-corrected chi connectivity index (χ1v) is 11.6. The smallest absolute Gasteiger partial charge is 0.259 e. The second-order valence-corrected chi connectivity index (χ2v) is 9.73. The number of carbonyl (C=O) groups excluding carboxylic acids is 2. The van der Waals surface area contributed by atoms with Gasteiger partial charge in [-0.2, -0.15) is 0 Å². The van der Waals surface area contributed by atoms with Crippen molar-refractivity contribution in [2.24, 2.45) is 5.41 Å². The zero-order valence-electron chi connectivity index (χ0n) is 19.6. The van der Waals surface area contributed by atoms with Crippen molar-refractivity contribution in [3.63, 3.8) is 0 Å². The van der Waals surface area contributed by atoms with Gasteiger partial charge in [-0.25, -0.2) is 9.24 Å². The number of amides is 1. The summed E-state index contributed by atoms with van der Waals surface area (Å²) in [6, 6.07) is 9.57. The van der Waals surface area contributed by atoms with Gasteiger partial charge >= 0.3 is 0 Å². The molecule has 0 atom stereocenters. The largest absolute Gasteiger partial charge is 0.489 e. The minimum atomic E-state index is -1.05. The van der Waals surface area contributed by atoms with Crippen molar-refractivity contribution >= 4 is 46.1 Å². The quantitative estimate of drug-likeness (QED) is 0.374. The van der Waals surface area contributed by atoms with Gasteiger partial charge in [-0.1, -0.05) is 13.0 Å². The van der Waals surface area contributed by atoms with E-state index in [1.54, 1.807) is 49.9 Å². The van der Waals surface area contributed by atoms with E-state index in [1.165, 1.54) is 17.0 Å². The lowest BCUT2D eigenvalue weighted by molar-refractivity contribution is -0.125. The summed E-state index contributed by atoms with van der Waals surface area (Å²) in [5.74, 6) is -0.622. The number of ketones is 1. The fourth-order valence-corrected chi connectivity index (χ4v) is 4.87. The molecule has 1 heterocycles. The van der Waals surface area contributed by atoms with Gasteiger partial charge in [0.15, 0.2) is 22.4 Å². The molecule has 1 saturated carbocycles. The molecule has 6 nitrogen and oxygen atoms in total. The molecule has 34 heavy (non-hydrogen) atoms. The minimum absolute atomic E-state index is 0.0652. The maximum atomic E-state index is 15.0. The van der Waals surface area contributed by atoms with Crippen molar-refractivity contribution in [1.29, 1.82) is 0 Å². The summed E-state index contributed by atoms with van der Waals surface area (Å²) in [6.07, 6.45) is 1.98. The molecule has 2 fully saturated rings. The maximum Gasteiger partial charge on any atom is 0.259 e. The van der Waals surface area contributed by atoms with E-state index in [4.69, 9.17) is 23.5 Å². The highest BCUT2D eigenvalue weighted by Gasteiger charge is 2.51.